The Bertz CT molecular complexity index is 1810. The number of alkyl carbamates (subject to hydrolysis) is 2. The van der Waals surface area contributed by atoms with Crippen molar-refractivity contribution in [3.63, 3.8) is 0 Å². The number of unbranched alkanes of at least 4 members (excludes halogenated alkanes) is 6. The molecule has 0 saturated heterocycles. The third-order valence-electron chi connectivity index (χ3n) is 10.7. The molecular weight excluding hydrogens is 857 g/mol. The summed E-state index contributed by atoms with van der Waals surface area (Å²) in [5.74, 6) is -2.19. The Balaban J connectivity index is 1.48. The molecule has 2 atom stereocenters. The van der Waals surface area contributed by atoms with Gasteiger partial charge >= 0.3 is 36.1 Å². The Morgan fingerprint density at radius 2 is 0.791 bits per heavy atom. The Morgan fingerprint density at radius 1 is 0.463 bits per heavy atom. The lowest BCUT2D eigenvalue weighted by atomic mass is 9.70. The summed E-state index contributed by atoms with van der Waals surface area (Å²) in [4.78, 5) is 76.0. The van der Waals surface area contributed by atoms with Gasteiger partial charge in [0.25, 0.3) is 0 Å². The molecule has 14 nitrogen and oxygen atoms in total. The second kappa shape index (κ2) is 25.3. The molecule has 1 aliphatic carbocycles. The molecule has 0 bridgehead atoms. The van der Waals surface area contributed by atoms with Crippen molar-refractivity contribution >= 4 is 36.1 Å². The molecule has 0 heterocycles. The molecule has 14 heteroatoms. The van der Waals surface area contributed by atoms with Crippen LogP contribution in [-0.4, -0.2) is 83.8 Å². The molecule has 0 aromatic heterocycles. The molecule has 2 N–H and O–H groups in total. The standard InChI is InChI=1S/C53H80N2O12/c1-49(2,3)64-45(58)41(54-47(60)66-51(7,8)9)29-31-43(56)62-35-23-15-13-21-33-53(39-27-19-17-25-37(39)38-26-18-20-28-40(38)53)34-22-14-16-24-36-63-44(57)32-30-42(46(59)65-50(4,5)6)55-48(61)67-52(10,11)12/h17-20,25-28,41-42H,13-16,21-24,29-36H2,1-12H3,(H,54,60)(H,55,61). The van der Waals surface area contributed by atoms with Crippen LogP contribution in [0.15, 0.2) is 48.5 Å². The van der Waals surface area contributed by atoms with Gasteiger partial charge in [-0.25, -0.2) is 19.2 Å². The molecule has 0 saturated carbocycles. The topological polar surface area (TPSA) is 182 Å². The number of carbonyl (C=O) groups is 6. The molecule has 2 aromatic carbocycles. The van der Waals surface area contributed by atoms with Gasteiger partial charge in [0.1, 0.15) is 34.5 Å². The Morgan fingerprint density at radius 3 is 1.13 bits per heavy atom. The molecule has 3 rings (SSSR count). The Kier molecular flexibility index (Phi) is 21.2. The molecule has 0 spiro atoms. The van der Waals surface area contributed by atoms with E-state index >= 15 is 0 Å². The second-order valence-electron chi connectivity index (χ2n) is 21.5. The molecule has 0 radical (unpaired) electrons. The zero-order valence-corrected chi connectivity index (χ0v) is 42.5. The zero-order valence-electron chi connectivity index (χ0n) is 42.5. The number of benzene rings is 2. The van der Waals surface area contributed by atoms with E-state index in [-0.39, 0.29) is 44.3 Å². The predicted molar refractivity (Wildman–Crippen MR) is 257 cm³/mol. The number of nitrogens with one attached hydrogen (secondary N) is 2. The monoisotopic (exact) mass is 937 g/mol. The van der Waals surface area contributed by atoms with Gasteiger partial charge in [0.05, 0.1) is 13.2 Å². The smallest absolute Gasteiger partial charge is 0.408 e. The van der Waals surface area contributed by atoms with Gasteiger partial charge in [-0.3, -0.25) is 9.59 Å². The van der Waals surface area contributed by atoms with Crippen LogP contribution < -0.4 is 10.6 Å². The number of fused-ring (bicyclic) bond motifs is 3. The minimum atomic E-state index is -1.06. The van der Waals surface area contributed by atoms with Crippen LogP contribution in [0, 0.1) is 0 Å². The van der Waals surface area contributed by atoms with Crippen molar-refractivity contribution in [3.8, 4) is 11.1 Å². The van der Waals surface area contributed by atoms with Gasteiger partial charge in [0.2, 0.25) is 0 Å². The normalized spacial score (nSPS) is 14.1. The first kappa shape index (κ1) is 56.2. The average Bonchev–Trinajstić information content (AvgIpc) is 3.46. The Hall–Kier alpha value is -5.14. The molecule has 0 aliphatic heterocycles. The summed E-state index contributed by atoms with van der Waals surface area (Å²) in [6.07, 6.45) is 7.39. The molecule has 67 heavy (non-hydrogen) atoms. The van der Waals surface area contributed by atoms with Crippen LogP contribution in [0.1, 0.15) is 184 Å². The van der Waals surface area contributed by atoms with Crippen LogP contribution >= 0.6 is 0 Å². The highest BCUT2D eigenvalue weighted by atomic mass is 16.6. The third-order valence-corrected chi connectivity index (χ3v) is 10.7. The fraction of sp³-hybridized carbons (Fsp3) is 0.660. The summed E-state index contributed by atoms with van der Waals surface area (Å²) >= 11 is 0. The van der Waals surface area contributed by atoms with Crippen molar-refractivity contribution in [1.82, 2.24) is 10.6 Å². The minimum Gasteiger partial charge on any atom is -0.466 e. The maximum Gasteiger partial charge on any atom is 0.408 e. The number of ether oxygens (including phenoxy) is 6. The molecule has 2 amide bonds. The van der Waals surface area contributed by atoms with Crippen LogP contribution in [0.3, 0.4) is 0 Å². The summed E-state index contributed by atoms with van der Waals surface area (Å²) in [5, 5.41) is 5.09. The van der Waals surface area contributed by atoms with E-state index in [0.29, 0.717) is 12.8 Å². The first-order chi connectivity index (χ1) is 31.2. The molecule has 2 aromatic rings. The molecule has 1 aliphatic rings. The molecule has 0 fully saturated rings. The maximum atomic E-state index is 12.9. The summed E-state index contributed by atoms with van der Waals surface area (Å²) in [6.45, 7) is 21.3. The lowest BCUT2D eigenvalue weighted by Gasteiger charge is -2.33. The molecule has 2 unspecified atom stereocenters. The fourth-order valence-electron chi connectivity index (χ4n) is 8.03. The number of carbonyl (C=O) groups excluding carboxylic acids is 6. The van der Waals surface area contributed by atoms with E-state index in [1.165, 1.54) is 22.3 Å². The molecule has 374 valence electrons. The van der Waals surface area contributed by atoms with Crippen molar-refractivity contribution in [2.75, 3.05) is 13.2 Å². The summed E-state index contributed by atoms with van der Waals surface area (Å²) in [5.41, 5.74) is 2.07. The largest absolute Gasteiger partial charge is 0.466 e. The van der Waals surface area contributed by atoms with Gasteiger partial charge in [-0.15, -0.1) is 0 Å². The van der Waals surface area contributed by atoms with Gasteiger partial charge < -0.3 is 39.1 Å². The number of esters is 4. The number of amides is 2. The van der Waals surface area contributed by atoms with Crippen molar-refractivity contribution in [2.24, 2.45) is 0 Å². The van der Waals surface area contributed by atoms with Crippen LogP contribution in [0.25, 0.3) is 11.1 Å². The van der Waals surface area contributed by atoms with Gasteiger partial charge in [-0.05, 0) is 144 Å². The van der Waals surface area contributed by atoms with Crippen LogP contribution in [0.5, 0.6) is 0 Å². The maximum absolute atomic E-state index is 12.9. The van der Waals surface area contributed by atoms with E-state index in [0.717, 1.165) is 51.4 Å². The van der Waals surface area contributed by atoms with E-state index in [2.05, 4.69) is 59.2 Å². The predicted octanol–water partition coefficient (Wildman–Crippen LogP) is 11.0. The first-order valence-corrected chi connectivity index (χ1v) is 24.1. The fourth-order valence-corrected chi connectivity index (χ4v) is 8.03. The van der Waals surface area contributed by atoms with Crippen molar-refractivity contribution in [2.45, 2.75) is 213 Å². The van der Waals surface area contributed by atoms with Crippen molar-refractivity contribution in [3.05, 3.63) is 59.7 Å². The summed E-state index contributed by atoms with van der Waals surface area (Å²) in [6, 6.07) is 15.3. The van der Waals surface area contributed by atoms with Crippen LogP contribution in [0.2, 0.25) is 0 Å². The van der Waals surface area contributed by atoms with E-state index in [1.807, 2.05) is 0 Å². The first-order valence-electron chi connectivity index (χ1n) is 24.1. The van der Waals surface area contributed by atoms with E-state index < -0.39 is 70.6 Å². The van der Waals surface area contributed by atoms with Gasteiger partial charge in [0.15, 0.2) is 0 Å². The van der Waals surface area contributed by atoms with Crippen molar-refractivity contribution < 1.29 is 57.2 Å². The van der Waals surface area contributed by atoms with Gasteiger partial charge in [0, 0.05) is 18.3 Å². The van der Waals surface area contributed by atoms with Crippen molar-refractivity contribution in [1.29, 1.82) is 0 Å². The SMILES string of the molecule is CC(C)(C)OC(=O)NC(CCC(=O)OCCCCCCC1(CCCCCCOC(=O)CCC(NC(=O)OC(C)(C)C)C(=O)OC(C)(C)C)c2ccccc2-c2ccccc21)C(=O)OC(C)(C)C. The zero-order chi connectivity index (χ0) is 50.1. The van der Waals surface area contributed by atoms with E-state index in [9.17, 15) is 28.8 Å². The Labute approximate surface area is 399 Å². The summed E-state index contributed by atoms with van der Waals surface area (Å²) < 4.78 is 32.6. The number of hydrogen-bond donors (Lipinski definition) is 2. The van der Waals surface area contributed by atoms with Gasteiger partial charge in [-0.1, -0.05) is 87.1 Å². The highest BCUT2D eigenvalue weighted by molar-refractivity contribution is 5.84. The number of rotatable bonds is 24. The lowest BCUT2D eigenvalue weighted by molar-refractivity contribution is -0.159. The quantitative estimate of drug-likeness (QED) is 0.0578. The summed E-state index contributed by atoms with van der Waals surface area (Å²) in [7, 11) is 0. The third kappa shape index (κ3) is 20.7. The second-order valence-corrected chi connectivity index (χ2v) is 21.5. The lowest BCUT2D eigenvalue weighted by Crippen LogP contribution is -2.46. The van der Waals surface area contributed by atoms with Crippen LogP contribution in [0.4, 0.5) is 9.59 Å². The van der Waals surface area contributed by atoms with E-state index in [1.54, 1.807) is 83.1 Å². The van der Waals surface area contributed by atoms with Gasteiger partial charge in [-0.2, -0.15) is 0 Å². The van der Waals surface area contributed by atoms with E-state index in [4.69, 9.17) is 28.4 Å². The highest BCUT2D eigenvalue weighted by Gasteiger charge is 2.42. The number of hydrogen-bond acceptors (Lipinski definition) is 12. The highest BCUT2D eigenvalue weighted by Crippen LogP contribution is 2.54. The molecular formula is C53H80N2O12. The average molecular weight is 937 g/mol. The van der Waals surface area contributed by atoms with Crippen LogP contribution in [-0.2, 0) is 53.0 Å². The minimum absolute atomic E-state index is 0.0164.